The Bertz CT molecular complexity index is 739. The zero-order chi connectivity index (χ0) is 16.5. The summed E-state index contributed by atoms with van der Waals surface area (Å²) in [5.41, 5.74) is 0.909. The molecule has 0 unspecified atom stereocenters. The fraction of sp³-hybridized carbons (Fsp3) is 0.429. The zero-order valence-electron chi connectivity index (χ0n) is 12.4. The number of nitrogens with zero attached hydrogens (tertiary/aromatic N) is 3. The number of aryl methyl sites for hydroxylation is 1. The van der Waals surface area contributed by atoms with Crippen LogP contribution < -0.4 is 0 Å². The second-order valence-corrected chi connectivity index (χ2v) is 7.14. The molecule has 1 heterocycles. The normalized spacial score (nSPS) is 19.7. The number of hydrogen-bond donors (Lipinski definition) is 1. The van der Waals surface area contributed by atoms with Gasteiger partial charge in [-0.25, -0.2) is 13.2 Å². The molecule has 0 aromatic heterocycles. The Labute approximate surface area is 129 Å². The zero-order valence-corrected chi connectivity index (χ0v) is 13.2. The highest BCUT2D eigenvalue weighted by Gasteiger charge is 2.35. The van der Waals surface area contributed by atoms with E-state index in [1.54, 1.807) is 13.8 Å². The molecule has 1 aliphatic heterocycles. The van der Waals surface area contributed by atoms with Gasteiger partial charge in [0, 0.05) is 25.7 Å². The SMILES string of the molecule is Cc1cc(C#N)ccc1S(=O)(=O)N1CCN(C(=O)O)C[C@@H]1C. The highest BCUT2D eigenvalue weighted by atomic mass is 32.2. The van der Waals surface area contributed by atoms with Crippen molar-refractivity contribution in [2.24, 2.45) is 0 Å². The molecule has 1 aromatic carbocycles. The number of sulfonamides is 1. The monoisotopic (exact) mass is 323 g/mol. The van der Waals surface area contributed by atoms with Crippen LogP contribution in [0.3, 0.4) is 0 Å². The molecular formula is C14H17N3O4S. The molecule has 1 amide bonds. The highest BCUT2D eigenvalue weighted by molar-refractivity contribution is 7.89. The van der Waals surface area contributed by atoms with Crippen molar-refractivity contribution in [3.8, 4) is 6.07 Å². The topological polar surface area (TPSA) is 102 Å². The summed E-state index contributed by atoms with van der Waals surface area (Å²) in [6.45, 7) is 3.74. The van der Waals surface area contributed by atoms with Crippen LogP contribution in [-0.2, 0) is 10.0 Å². The summed E-state index contributed by atoms with van der Waals surface area (Å²) in [5.74, 6) is 0. The smallest absolute Gasteiger partial charge is 0.407 e. The maximum atomic E-state index is 12.8. The molecule has 0 spiro atoms. The fourth-order valence-electron chi connectivity index (χ4n) is 2.61. The Morgan fingerprint density at radius 2 is 2.09 bits per heavy atom. The quantitative estimate of drug-likeness (QED) is 0.882. The van der Waals surface area contributed by atoms with Crippen LogP contribution >= 0.6 is 0 Å². The number of hydrogen-bond acceptors (Lipinski definition) is 4. The number of amides is 1. The standard InChI is InChI=1S/C14H17N3O4S/c1-10-7-12(8-15)3-4-13(10)22(20,21)17-6-5-16(14(18)19)9-11(17)2/h3-4,7,11H,5-6,9H2,1-2H3,(H,18,19)/t11-/m0/s1. The number of nitriles is 1. The van der Waals surface area contributed by atoms with E-state index in [2.05, 4.69) is 0 Å². The first kappa shape index (κ1) is 16.3. The van der Waals surface area contributed by atoms with Gasteiger partial charge in [-0.3, -0.25) is 0 Å². The highest BCUT2D eigenvalue weighted by Crippen LogP contribution is 2.24. The fourth-order valence-corrected chi connectivity index (χ4v) is 4.43. The Balaban J connectivity index is 2.32. The van der Waals surface area contributed by atoms with Crippen LogP contribution in [-0.4, -0.2) is 54.5 Å². The van der Waals surface area contributed by atoms with E-state index in [4.69, 9.17) is 10.4 Å². The molecule has 8 heteroatoms. The average molecular weight is 323 g/mol. The molecule has 0 aliphatic carbocycles. The summed E-state index contributed by atoms with van der Waals surface area (Å²) in [4.78, 5) is 12.3. The van der Waals surface area contributed by atoms with Gasteiger partial charge in [-0.2, -0.15) is 9.57 Å². The van der Waals surface area contributed by atoms with Crippen LogP contribution in [0.5, 0.6) is 0 Å². The van der Waals surface area contributed by atoms with E-state index < -0.39 is 22.2 Å². The van der Waals surface area contributed by atoms with Crippen molar-refractivity contribution in [1.82, 2.24) is 9.21 Å². The van der Waals surface area contributed by atoms with E-state index in [-0.39, 0.29) is 24.5 Å². The van der Waals surface area contributed by atoms with Gasteiger partial charge in [-0.05, 0) is 37.6 Å². The maximum Gasteiger partial charge on any atom is 0.407 e. The molecule has 1 aliphatic rings. The summed E-state index contributed by atoms with van der Waals surface area (Å²) in [6, 6.07) is 5.97. The third-order valence-corrected chi connectivity index (χ3v) is 5.90. The molecular weight excluding hydrogens is 306 g/mol. The Morgan fingerprint density at radius 3 is 2.59 bits per heavy atom. The molecule has 7 nitrogen and oxygen atoms in total. The van der Waals surface area contributed by atoms with E-state index in [9.17, 15) is 13.2 Å². The minimum absolute atomic E-state index is 0.120. The number of rotatable bonds is 2. The van der Waals surface area contributed by atoms with Gasteiger partial charge in [-0.1, -0.05) is 0 Å². The van der Waals surface area contributed by atoms with Gasteiger partial charge in [0.1, 0.15) is 0 Å². The molecule has 1 fully saturated rings. The first-order valence-corrected chi connectivity index (χ1v) is 8.22. The van der Waals surface area contributed by atoms with Gasteiger partial charge in [0.05, 0.1) is 16.5 Å². The van der Waals surface area contributed by atoms with Crippen LogP contribution in [0, 0.1) is 18.3 Å². The van der Waals surface area contributed by atoms with Crippen LogP contribution in [0.25, 0.3) is 0 Å². The number of benzene rings is 1. The average Bonchev–Trinajstić information content (AvgIpc) is 2.46. The molecule has 0 radical (unpaired) electrons. The summed E-state index contributed by atoms with van der Waals surface area (Å²) < 4.78 is 26.9. The number of carboxylic acid groups (broad SMARTS) is 1. The Morgan fingerprint density at radius 1 is 1.41 bits per heavy atom. The molecule has 0 saturated carbocycles. The molecule has 1 aromatic rings. The van der Waals surface area contributed by atoms with Crippen molar-refractivity contribution in [1.29, 1.82) is 5.26 Å². The number of piperazine rings is 1. The van der Waals surface area contributed by atoms with Gasteiger partial charge in [-0.15, -0.1) is 0 Å². The molecule has 1 N–H and O–H groups in total. The lowest BCUT2D eigenvalue weighted by Crippen LogP contribution is -2.55. The van der Waals surface area contributed by atoms with Crippen molar-refractivity contribution in [2.75, 3.05) is 19.6 Å². The molecule has 118 valence electrons. The molecule has 22 heavy (non-hydrogen) atoms. The molecule has 1 atom stereocenters. The lowest BCUT2D eigenvalue weighted by Gasteiger charge is -2.37. The van der Waals surface area contributed by atoms with Crippen molar-refractivity contribution >= 4 is 16.1 Å². The summed E-state index contributed by atoms with van der Waals surface area (Å²) in [5, 5.41) is 17.8. The van der Waals surface area contributed by atoms with E-state index in [0.29, 0.717) is 11.1 Å². The maximum absolute atomic E-state index is 12.8. The summed E-state index contributed by atoms with van der Waals surface area (Å²) >= 11 is 0. The minimum Gasteiger partial charge on any atom is -0.465 e. The predicted octanol–water partition coefficient (Wildman–Crippen LogP) is 1.24. The third kappa shape index (κ3) is 2.91. The van der Waals surface area contributed by atoms with Crippen molar-refractivity contribution < 1.29 is 18.3 Å². The lowest BCUT2D eigenvalue weighted by molar-refractivity contribution is 0.109. The number of carbonyl (C=O) groups is 1. The minimum atomic E-state index is -3.71. The van der Waals surface area contributed by atoms with Crippen molar-refractivity contribution in [3.63, 3.8) is 0 Å². The van der Waals surface area contributed by atoms with Crippen molar-refractivity contribution in [3.05, 3.63) is 29.3 Å². The van der Waals surface area contributed by atoms with E-state index in [1.807, 2.05) is 6.07 Å². The molecule has 1 saturated heterocycles. The van der Waals surface area contributed by atoms with Gasteiger partial charge >= 0.3 is 6.09 Å². The van der Waals surface area contributed by atoms with Gasteiger partial charge < -0.3 is 10.0 Å². The van der Waals surface area contributed by atoms with E-state index in [0.717, 1.165) is 0 Å². The first-order valence-electron chi connectivity index (χ1n) is 6.78. The van der Waals surface area contributed by atoms with Crippen LogP contribution in [0.1, 0.15) is 18.1 Å². The van der Waals surface area contributed by atoms with E-state index in [1.165, 1.54) is 27.4 Å². The van der Waals surface area contributed by atoms with Crippen LogP contribution in [0.2, 0.25) is 0 Å². The van der Waals surface area contributed by atoms with E-state index >= 15 is 0 Å². The second kappa shape index (κ2) is 5.94. The Hall–Kier alpha value is -2.11. The van der Waals surface area contributed by atoms with Crippen LogP contribution in [0.15, 0.2) is 23.1 Å². The third-order valence-electron chi connectivity index (χ3n) is 3.73. The summed E-state index contributed by atoms with van der Waals surface area (Å²) in [7, 11) is -3.71. The van der Waals surface area contributed by atoms with Crippen molar-refractivity contribution in [2.45, 2.75) is 24.8 Å². The lowest BCUT2D eigenvalue weighted by atomic mass is 10.2. The van der Waals surface area contributed by atoms with Gasteiger partial charge in [0.25, 0.3) is 0 Å². The van der Waals surface area contributed by atoms with Gasteiger partial charge in [0.2, 0.25) is 10.0 Å². The van der Waals surface area contributed by atoms with Crippen LogP contribution in [0.4, 0.5) is 4.79 Å². The predicted molar refractivity (Wildman–Crippen MR) is 78.8 cm³/mol. The Kier molecular flexibility index (Phi) is 4.39. The largest absolute Gasteiger partial charge is 0.465 e. The second-order valence-electron chi connectivity index (χ2n) is 5.29. The summed E-state index contributed by atoms with van der Waals surface area (Å²) in [6.07, 6.45) is -1.04. The molecule has 0 bridgehead atoms. The van der Waals surface area contributed by atoms with Gasteiger partial charge in [0.15, 0.2) is 0 Å². The first-order chi connectivity index (χ1) is 10.3. The molecule has 2 rings (SSSR count).